The molecule has 0 atom stereocenters. The normalized spacial score (nSPS) is 16.1. The number of alkyl halides is 3. The Morgan fingerprint density at radius 2 is 1.96 bits per heavy atom. The average Bonchev–Trinajstić information content (AvgIpc) is 3.29. The van der Waals surface area contributed by atoms with Crippen LogP contribution in [0.1, 0.15) is 16.2 Å². The second-order valence-electron chi connectivity index (χ2n) is 6.50. The van der Waals surface area contributed by atoms with E-state index in [-0.39, 0.29) is 22.1 Å². The van der Waals surface area contributed by atoms with Gasteiger partial charge in [0.15, 0.2) is 17.0 Å². The maximum Gasteiger partial charge on any atom is 0.433 e. The van der Waals surface area contributed by atoms with Crippen molar-refractivity contribution < 1.29 is 18.0 Å². The molecule has 11 heteroatoms. The third-order valence-corrected chi connectivity index (χ3v) is 5.83. The lowest BCUT2D eigenvalue weighted by Gasteiger charge is -2.31. The standard InChI is InChI=1S/C17H15ClF3N5OS/c1-24-4-6-25(7-5-24)16(27)14-13(18)15-22-10(11-3-2-8-28-11)9-12(17(19,20)21)26(15)23-14/h2-3,8-9H,4-7H2,1H3. The van der Waals surface area contributed by atoms with E-state index in [4.69, 9.17) is 11.6 Å². The van der Waals surface area contributed by atoms with Crippen LogP contribution in [-0.4, -0.2) is 63.5 Å². The van der Waals surface area contributed by atoms with Crippen molar-refractivity contribution in [1.29, 1.82) is 0 Å². The van der Waals surface area contributed by atoms with Gasteiger partial charge < -0.3 is 9.80 Å². The van der Waals surface area contributed by atoms with E-state index < -0.39 is 17.8 Å². The van der Waals surface area contributed by atoms with Gasteiger partial charge in [0.25, 0.3) is 5.91 Å². The van der Waals surface area contributed by atoms with Gasteiger partial charge >= 0.3 is 6.18 Å². The topological polar surface area (TPSA) is 53.7 Å². The van der Waals surface area contributed by atoms with Crippen LogP contribution >= 0.6 is 22.9 Å². The zero-order chi connectivity index (χ0) is 20.1. The molecule has 0 unspecified atom stereocenters. The zero-order valence-corrected chi connectivity index (χ0v) is 16.3. The van der Waals surface area contributed by atoms with Crippen LogP contribution in [0.25, 0.3) is 16.2 Å². The molecular weight excluding hydrogens is 415 g/mol. The summed E-state index contributed by atoms with van der Waals surface area (Å²) in [7, 11) is 1.94. The van der Waals surface area contributed by atoms with Crippen molar-refractivity contribution in [3.63, 3.8) is 0 Å². The highest BCUT2D eigenvalue weighted by atomic mass is 35.5. The quantitative estimate of drug-likeness (QED) is 0.625. The Hall–Kier alpha value is -2.17. The van der Waals surface area contributed by atoms with E-state index >= 15 is 0 Å². The van der Waals surface area contributed by atoms with Crippen LogP contribution in [0, 0.1) is 0 Å². The number of carbonyl (C=O) groups excluding carboxylic acids is 1. The van der Waals surface area contributed by atoms with E-state index in [1.165, 1.54) is 11.3 Å². The van der Waals surface area contributed by atoms with Crippen LogP contribution in [0.4, 0.5) is 13.2 Å². The van der Waals surface area contributed by atoms with Crippen molar-refractivity contribution in [3.05, 3.63) is 40.0 Å². The highest BCUT2D eigenvalue weighted by Crippen LogP contribution is 2.35. The van der Waals surface area contributed by atoms with Crippen molar-refractivity contribution in [3.8, 4) is 10.6 Å². The van der Waals surface area contributed by atoms with E-state index in [2.05, 4.69) is 15.0 Å². The Morgan fingerprint density at radius 1 is 1.25 bits per heavy atom. The summed E-state index contributed by atoms with van der Waals surface area (Å²) in [5.74, 6) is -0.491. The average molecular weight is 430 g/mol. The Balaban J connectivity index is 1.84. The predicted octanol–water partition coefficient (Wildman–Crippen LogP) is 3.52. The molecule has 0 spiro atoms. The molecule has 6 nitrogen and oxygen atoms in total. The number of thiophene rings is 1. The fraction of sp³-hybridized carbons (Fsp3) is 0.353. The van der Waals surface area contributed by atoms with Crippen LogP contribution < -0.4 is 0 Å². The van der Waals surface area contributed by atoms with E-state index in [1.807, 2.05) is 7.05 Å². The number of fused-ring (bicyclic) bond motifs is 1. The first kappa shape index (κ1) is 19.2. The molecule has 3 aromatic heterocycles. The van der Waals surface area contributed by atoms with Crippen molar-refractivity contribution in [2.75, 3.05) is 33.2 Å². The third-order valence-electron chi connectivity index (χ3n) is 4.59. The molecule has 1 aliphatic heterocycles. The molecule has 1 aliphatic rings. The summed E-state index contributed by atoms with van der Waals surface area (Å²) in [6.45, 7) is 2.26. The number of rotatable bonds is 2. The first-order valence-corrected chi connectivity index (χ1v) is 9.69. The monoisotopic (exact) mass is 429 g/mol. The van der Waals surface area contributed by atoms with Gasteiger partial charge in [-0.25, -0.2) is 9.50 Å². The van der Waals surface area contributed by atoms with Crippen LogP contribution in [0.3, 0.4) is 0 Å². The van der Waals surface area contributed by atoms with Crippen LogP contribution in [0.15, 0.2) is 23.6 Å². The van der Waals surface area contributed by atoms with E-state index in [1.54, 1.807) is 22.4 Å². The Bertz CT molecular complexity index is 1030. The minimum absolute atomic E-state index is 0.134. The van der Waals surface area contributed by atoms with E-state index in [0.717, 1.165) is 6.07 Å². The lowest BCUT2D eigenvalue weighted by molar-refractivity contribution is -0.142. The van der Waals surface area contributed by atoms with Gasteiger partial charge in [0, 0.05) is 26.2 Å². The molecule has 1 saturated heterocycles. The largest absolute Gasteiger partial charge is 0.433 e. The van der Waals surface area contributed by atoms with E-state index in [9.17, 15) is 18.0 Å². The van der Waals surface area contributed by atoms with Gasteiger partial charge in [-0.3, -0.25) is 4.79 Å². The number of aromatic nitrogens is 3. The molecule has 3 aromatic rings. The zero-order valence-electron chi connectivity index (χ0n) is 14.7. The molecule has 0 N–H and O–H groups in total. The summed E-state index contributed by atoms with van der Waals surface area (Å²) in [6, 6.07) is 4.32. The smallest absolute Gasteiger partial charge is 0.335 e. The molecule has 148 valence electrons. The summed E-state index contributed by atoms with van der Waals surface area (Å²) >= 11 is 7.55. The number of halogens is 4. The number of likely N-dealkylation sites (N-methyl/N-ethyl adjacent to an activating group) is 1. The first-order valence-electron chi connectivity index (χ1n) is 8.44. The number of nitrogens with zero attached hydrogens (tertiary/aromatic N) is 5. The lowest BCUT2D eigenvalue weighted by atomic mass is 10.2. The van der Waals surface area contributed by atoms with Gasteiger partial charge in [0.2, 0.25) is 0 Å². The summed E-state index contributed by atoms with van der Waals surface area (Å²) < 4.78 is 41.6. The van der Waals surface area contributed by atoms with Crippen LogP contribution in [0.5, 0.6) is 0 Å². The molecule has 4 rings (SSSR count). The minimum atomic E-state index is -4.68. The van der Waals surface area contributed by atoms with Crippen LogP contribution in [0.2, 0.25) is 5.02 Å². The molecule has 0 aromatic carbocycles. The summed E-state index contributed by atoms with van der Waals surface area (Å²) in [5, 5.41) is 5.47. The van der Waals surface area contributed by atoms with Gasteiger partial charge in [-0.15, -0.1) is 11.3 Å². The van der Waals surface area contributed by atoms with Gasteiger partial charge in [-0.05, 0) is 24.6 Å². The fourth-order valence-corrected chi connectivity index (χ4v) is 3.97. The number of piperazine rings is 1. The summed E-state index contributed by atoms with van der Waals surface area (Å²) in [4.78, 5) is 21.2. The molecule has 0 saturated carbocycles. The number of hydrogen-bond acceptors (Lipinski definition) is 5. The van der Waals surface area contributed by atoms with Crippen molar-refractivity contribution in [2.24, 2.45) is 0 Å². The molecule has 0 bridgehead atoms. The highest BCUT2D eigenvalue weighted by molar-refractivity contribution is 7.13. The number of amides is 1. The van der Waals surface area contributed by atoms with E-state index in [0.29, 0.717) is 35.6 Å². The third kappa shape index (κ3) is 3.36. The maximum atomic E-state index is 13.7. The molecule has 1 amide bonds. The summed E-state index contributed by atoms with van der Waals surface area (Å²) in [5.41, 5.74) is -1.29. The molecule has 0 radical (unpaired) electrons. The minimum Gasteiger partial charge on any atom is -0.335 e. The Morgan fingerprint density at radius 3 is 2.57 bits per heavy atom. The maximum absolute atomic E-state index is 13.7. The molecule has 0 aliphatic carbocycles. The van der Waals surface area contributed by atoms with Crippen molar-refractivity contribution >= 4 is 34.5 Å². The highest BCUT2D eigenvalue weighted by Gasteiger charge is 2.37. The van der Waals surface area contributed by atoms with Gasteiger partial charge in [-0.2, -0.15) is 18.3 Å². The van der Waals surface area contributed by atoms with Crippen LogP contribution in [-0.2, 0) is 6.18 Å². The molecule has 4 heterocycles. The second kappa shape index (κ2) is 7.02. The van der Waals surface area contributed by atoms with Crippen molar-refractivity contribution in [1.82, 2.24) is 24.4 Å². The Labute approximate surface area is 167 Å². The predicted molar refractivity (Wildman–Crippen MR) is 99.7 cm³/mol. The number of hydrogen-bond donors (Lipinski definition) is 0. The van der Waals surface area contributed by atoms with Crippen molar-refractivity contribution in [2.45, 2.75) is 6.18 Å². The molecular formula is C17H15ClF3N5OS. The Kier molecular flexibility index (Phi) is 4.80. The molecule has 1 fully saturated rings. The SMILES string of the molecule is CN1CCN(C(=O)c2nn3c(C(F)(F)F)cc(-c4cccs4)nc3c2Cl)CC1. The second-order valence-corrected chi connectivity index (χ2v) is 7.82. The molecule has 28 heavy (non-hydrogen) atoms. The van der Waals surface area contributed by atoms with Gasteiger partial charge in [-0.1, -0.05) is 17.7 Å². The van der Waals surface area contributed by atoms with Gasteiger partial charge in [0.1, 0.15) is 5.02 Å². The fourth-order valence-electron chi connectivity index (χ4n) is 3.04. The lowest BCUT2D eigenvalue weighted by Crippen LogP contribution is -2.47. The van der Waals surface area contributed by atoms with Gasteiger partial charge in [0.05, 0.1) is 10.6 Å². The number of carbonyl (C=O) groups is 1. The summed E-state index contributed by atoms with van der Waals surface area (Å²) in [6.07, 6.45) is -4.68. The first-order chi connectivity index (χ1) is 13.3.